The van der Waals surface area contributed by atoms with Crippen molar-refractivity contribution in [3.05, 3.63) is 52.0 Å². The van der Waals surface area contributed by atoms with E-state index in [1.165, 1.54) is 6.07 Å². The first kappa shape index (κ1) is 13.0. The first-order valence-corrected chi connectivity index (χ1v) is 8.06. The zero-order valence-electron chi connectivity index (χ0n) is 11.6. The van der Waals surface area contributed by atoms with Gasteiger partial charge in [0.2, 0.25) is 0 Å². The predicted octanol–water partition coefficient (Wildman–Crippen LogP) is 2.52. The van der Waals surface area contributed by atoms with E-state index >= 15 is 0 Å². The van der Waals surface area contributed by atoms with Crippen LogP contribution in [0.3, 0.4) is 0 Å². The number of piperazine rings is 1. The number of rotatable bonds is 1. The standard InChI is InChI=1S/C16H16FN3S/c17-11-3-4-13-14(8-11)20-6-5-18-9-12(20)10-19-16(13)15-2-1-7-21-15/h1-4,7-8,12,18H,5-6,9-10H2. The van der Waals surface area contributed by atoms with Gasteiger partial charge in [-0.2, -0.15) is 0 Å². The highest BCUT2D eigenvalue weighted by Gasteiger charge is 2.29. The Morgan fingerprint density at radius 1 is 1.33 bits per heavy atom. The van der Waals surface area contributed by atoms with Gasteiger partial charge >= 0.3 is 0 Å². The summed E-state index contributed by atoms with van der Waals surface area (Å²) < 4.78 is 13.8. The van der Waals surface area contributed by atoms with Crippen LogP contribution < -0.4 is 10.2 Å². The topological polar surface area (TPSA) is 27.6 Å². The van der Waals surface area contributed by atoms with Crippen molar-refractivity contribution in [2.24, 2.45) is 4.99 Å². The van der Waals surface area contributed by atoms with Gasteiger partial charge in [-0.15, -0.1) is 11.3 Å². The van der Waals surface area contributed by atoms with E-state index in [0.717, 1.165) is 48.0 Å². The average Bonchev–Trinajstić information content (AvgIpc) is 2.98. The van der Waals surface area contributed by atoms with E-state index in [-0.39, 0.29) is 5.82 Å². The highest BCUT2D eigenvalue weighted by Crippen LogP contribution is 2.31. The summed E-state index contributed by atoms with van der Waals surface area (Å²) in [4.78, 5) is 8.30. The number of benzene rings is 1. The third-order valence-corrected chi connectivity index (χ3v) is 4.97. The lowest BCUT2D eigenvalue weighted by Gasteiger charge is -2.36. The summed E-state index contributed by atoms with van der Waals surface area (Å²) in [5.74, 6) is -0.182. The van der Waals surface area contributed by atoms with Gasteiger partial charge in [-0.1, -0.05) is 6.07 Å². The van der Waals surface area contributed by atoms with Gasteiger partial charge in [0.1, 0.15) is 5.82 Å². The Hall–Kier alpha value is -1.72. The summed E-state index contributed by atoms with van der Waals surface area (Å²) >= 11 is 1.68. The molecule has 0 saturated carbocycles. The Bertz CT molecular complexity index is 681. The number of hydrogen-bond acceptors (Lipinski definition) is 4. The van der Waals surface area contributed by atoms with Crippen LogP contribution in [0.2, 0.25) is 0 Å². The van der Waals surface area contributed by atoms with Crippen LogP contribution in [0.4, 0.5) is 10.1 Å². The molecule has 0 aliphatic carbocycles. The van der Waals surface area contributed by atoms with Gasteiger partial charge in [0.15, 0.2) is 0 Å². The maximum atomic E-state index is 13.8. The Morgan fingerprint density at radius 3 is 3.14 bits per heavy atom. The van der Waals surface area contributed by atoms with Crippen molar-refractivity contribution in [1.82, 2.24) is 5.32 Å². The average molecular weight is 301 g/mol. The highest BCUT2D eigenvalue weighted by atomic mass is 32.1. The number of thiophene rings is 1. The van der Waals surface area contributed by atoms with Crippen LogP contribution in [-0.2, 0) is 0 Å². The minimum atomic E-state index is -0.182. The van der Waals surface area contributed by atoms with E-state index in [4.69, 9.17) is 4.99 Å². The summed E-state index contributed by atoms with van der Waals surface area (Å²) in [6, 6.07) is 9.47. The number of hydrogen-bond donors (Lipinski definition) is 1. The van der Waals surface area contributed by atoms with Crippen LogP contribution in [0.15, 0.2) is 40.7 Å². The molecule has 0 spiro atoms. The molecule has 1 saturated heterocycles. The minimum Gasteiger partial charge on any atom is -0.363 e. The molecular weight excluding hydrogens is 285 g/mol. The van der Waals surface area contributed by atoms with Crippen molar-refractivity contribution in [2.45, 2.75) is 6.04 Å². The molecule has 1 N–H and O–H groups in total. The lowest BCUT2D eigenvalue weighted by molar-refractivity contribution is 0.483. The molecule has 4 rings (SSSR count). The maximum absolute atomic E-state index is 13.8. The quantitative estimate of drug-likeness (QED) is 0.876. The number of nitrogens with zero attached hydrogens (tertiary/aromatic N) is 2. The molecule has 3 heterocycles. The SMILES string of the molecule is Fc1ccc2c(c1)N1CCNCC1CN=C2c1cccs1. The summed E-state index contributed by atoms with van der Waals surface area (Å²) in [5.41, 5.74) is 3.02. The Kier molecular flexibility index (Phi) is 3.24. The van der Waals surface area contributed by atoms with E-state index in [2.05, 4.69) is 21.7 Å². The Balaban J connectivity index is 1.88. The molecule has 1 fully saturated rings. The van der Waals surface area contributed by atoms with E-state index in [9.17, 15) is 4.39 Å². The van der Waals surface area contributed by atoms with Crippen molar-refractivity contribution in [1.29, 1.82) is 0 Å². The summed E-state index contributed by atoms with van der Waals surface area (Å²) in [6.45, 7) is 3.48. The van der Waals surface area contributed by atoms with Gasteiger partial charge in [-0.3, -0.25) is 4.99 Å². The predicted molar refractivity (Wildman–Crippen MR) is 85.2 cm³/mol. The molecule has 0 amide bonds. The molecule has 2 aliphatic rings. The first-order chi connectivity index (χ1) is 10.3. The van der Waals surface area contributed by atoms with Crippen molar-refractivity contribution >= 4 is 22.7 Å². The molecule has 3 nitrogen and oxygen atoms in total. The van der Waals surface area contributed by atoms with Gasteiger partial charge in [0.05, 0.1) is 23.2 Å². The van der Waals surface area contributed by atoms with Gasteiger partial charge < -0.3 is 10.2 Å². The maximum Gasteiger partial charge on any atom is 0.125 e. The molecule has 5 heteroatoms. The second-order valence-electron chi connectivity index (χ2n) is 5.38. The normalized spacial score (nSPS) is 21.3. The Morgan fingerprint density at radius 2 is 2.29 bits per heavy atom. The zero-order valence-corrected chi connectivity index (χ0v) is 12.4. The first-order valence-electron chi connectivity index (χ1n) is 7.18. The number of aliphatic imine (C=N–C) groups is 1. The van der Waals surface area contributed by atoms with Crippen LogP contribution in [0.5, 0.6) is 0 Å². The van der Waals surface area contributed by atoms with Crippen LogP contribution in [0, 0.1) is 5.82 Å². The van der Waals surface area contributed by atoms with E-state index in [1.54, 1.807) is 17.4 Å². The molecule has 1 unspecified atom stereocenters. The molecule has 1 atom stereocenters. The van der Waals surface area contributed by atoms with Crippen molar-refractivity contribution < 1.29 is 4.39 Å². The van der Waals surface area contributed by atoms with E-state index in [1.807, 2.05) is 12.1 Å². The van der Waals surface area contributed by atoms with Crippen LogP contribution in [-0.4, -0.2) is 37.9 Å². The smallest absolute Gasteiger partial charge is 0.125 e. The second-order valence-corrected chi connectivity index (χ2v) is 6.33. The number of anilines is 1. The minimum absolute atomic E-state index is 0.182. The van der Waals surface area contributed by atoms with Crippen LogP contribution in [0.1, 0.15) is 10.4 Å². The number of nitrogens with one attached hydrogen (secondary N) is 1. The van der Waals surface area contributed by atoms with Gasteiger partial charge in [0.25, 0.3) is 0 Å². The monoisotopic (exact) mass is 301 g/mol. The molecule has 21 heavy (non-hydrogen) atoms. The number of halogens is 1. The van der Waals surface area contributed by atoms with Gasteiger partial charge in [0, 0.05) is 30.9 Å². The Labute approximate surface area is 127 Å². The molecule has 108 valence electrons. The summed E-state index contributed by atoms with van der Waals surface area (Å²) in [7, 11) is 0. The highest BCUT2D eigenvalue weighted by molar-refractivity contribution is 7.12. The van der Waals surface area contributed by atoms with Gasteiger partial charge in [-0.05, 0) is 29.6 Å². The molecule has 1 aromatic carbocycles. The van der Waals surface area contributed by atoms with E-state index in [0.29, 0.717) is 6.04 Å². The molecule has 0 bridgehead atoms. The molecule has 1 aromatic heterocycles. The fraction of sp³-hybridized carbons (Fsp3) is 0.312. The summed E-state index contributed by atoms with van der Waals surface area (Å²) in [5, 5.41) is 5.46. The second kappa shape index (κ2) is 5.24. The fourth-order valence-electron chi connectivity index (χ4n) is 3.09. The third kappa shape index (κ3) is 2.26. The molecule has 2 aromatic rings. The molecule has 2 aliphatic heterocycles. The van der Waals surface area contributed by atoms with Crippen molar-refractivity contribution in [3.8, 4) is 0 Å². The molecular formula is C16H16FN3S. The third-order valence-electron chi connectivity index (χ3n) is 4.09. The fourth-order valence-corrected chi connectivity index (χ4v) is 3.84. The number of fused-ring (bicyclic) bond motifs is 3. The lowest BCUT2D eigenvalue weighted by Crippen LogP contribution is -2.52. The molecule has 0 radical (unpaired) electrons. The van der Waals surface area contributed by atoms with E-state index < -0.39 is 0 Å². The largest absolute Gasteiger partial charge is 0.363 e. The van der Waals surface area contributed by atoms with Crippen molar-refractivity contribution in [3.63, 3.8) is 0 Å². The van der Waals surface area contributed by atoms with Crippen LogP contribution >= 0.6 is 11.3 Å². The van der Waals surface area contributed by atoms with Crippen LogP contribution in [0.25, 0.3) is 0 Å². The summed E-state index contributed by atoms with van der Waals surface area (Å²) in [6.07, 6.45) is 0. The van der Waals surface area contributed by atoms with Crippen molar-refractivity contribution in [2.75, 3.05) is 31.1 Å². The zero-order chi connectivity index (χ0) is 14.2. The van der Waals surface area contributed by atoms with Gasteiger partial charge in [-0.25, -0.2) is 4.39 Å². The lowest BCUT2D eigenvalue weighted by atomic mass is 10.0.